The lowest BCUT2D eigenvalue weighted by atomic mass is 10.2. The minimum atomic E-state index is -0.649. The molecule has 1 aromatic carbocycles. The standard InChI is InChI=1S/C12H10N6O3/c1-13-8-9(19)6-4-2-3-5-7(6)21-10(8)11(20)14-12-15-17-18-16-12/h2-5,13H,1H3,(H2,14,15,16,17,18,20). The van der Waals surface area contributed by atoms with Gasteiger partial charge in [0.1, 0.15) is 11.3 Å². The third kappa shape index (κ3) is 2.20. The zero-order valence-electron chi connectivity index (χ0n) is 10.9. The highest BCUT2D eigenvalue weighted by molar-refractivity contribution is 6.06. The zero-order valence-corrected chi connectivity index (χ0v) is 10.9. The highest BCUT2D eigenvalue weighted by atomic mass is 16.3. The van der Waals surface area contributed by atoms with Gasteiger partial charge in [0, 0.05) is 7.05 Å². The number of H-pyrrole nitrogens is 1. The molecule has 0 fully saturated rings. The van der Waals surface area contributed by atoms with Crippen molar-refractivity contribution in [2.45, 2.75) is 0 Å². The van der Waals surface area contributed by atoms with Crippen molar-refractivity contribution in [2.24, 2.45) is 0 Å². The Balaban J connectivity index is 2.13. The minimum absolute atomic E-state index is 0.0159. The molecule has 0 saturated carbocycles. The number of nitrogens with zero attached hydrogens (tertiary/aromatic N) is 3. The maximum atomic E-state index is 12.3. The Bertz CT molecular complexity index is 855. The van der Waals surface area contributed by atoms with E-state index in [4.69, 9.17) is 4.42 Å². The summed E-state index contributed by atoms with van der Waals surface area (Å²) in [5.74, 6) is -0.813. The average Bonchev–Trinajstić information content (AvgIpc) is 3.00. The third-order valence-corrected chi connectivity index (χ3v) is 2.82. The number of hydrogen-bond acceptors (Lipinski definition) is 7. The number of amides is 1. The van der Waals surface area contributed by atoms with E-state index in [0.29, 0.717) is 11.0 Å². The average molecular weight is 286 g/mol. The van der Waals surface area contributed by atoms with Crippen molar-refractivity contribution in [3.05, 3.63) is 40.2 Å². The number of para-hydroxylation sites is 1. The summed E-state index contributed by atoms with van der Waals surface area (Å²) in [4.78, 5) is 24.5. The van der Waals surface area contributed by atoms with E-state index in [0.717, 1.165) is 0 Å². The molecule has 0 bridgehead atoms. The fourth-order valence-electron chi connectivity index (χ4n) is 1.90. The molecule has 0 aliphatic heterocycles. The van der Waals surface area contributed by atoms with Gasteiger partial charge in [-0.2, -0.15) is 5.21 Å². The summed E-state index contributed by atoms with van der Waals surface area (Å²) in [7, 11) is 1.53. The van der Waals surface area contributed by atoms with Gasteiger partial charge in [0.15, 0.2) is 0 Å². The first-order valence-electron chi connectivity index (χ1n) is 5.99. The normalized spacial score (nSPS) is 10.5. The van der Waals surface area contributed by atoms with Crippen molar-refractivity contribution < 1.29 is 9.21 Å². The number of tetrazole rings is 1. The summed E-state index contributed by atoms with van der Waals surface area (Å²) in [6.45, 7) is 0. The van der Waals surface area contributed by atoms with E-state index in [1.165, 1.54) is 7.05 Å². The largest absolute Gasteiger partial charge is 0.448 e. The molecule has 21 heavy (non-hydrogen) atoms. The highest BCUT2D eigenvalue weighted by Crippen LogP contribution is 2.19. The van der Waals surface area contributed by atoms with E-state index in [-0.39, 0.29) is 22.8 Å². The van der Waals surface area contributed by atoms with Crippen LogP contribution in [0.2, 0.25) is 0 Å². The van der Waals surface area contributed by atoms with Gasteiger partial charge >= 0.3 is 0 Å². The van der Waals surface area contributed by atoms with Crippen molar-refractivity contribution in [1.29, 1.82) is 0 Å². The molecule has 3 rings (SSSR count). The first-order valence-corrected chi connectivity index (χ1v) is 5.99. The van der Waals surface area contributed by atoms with Crippen LogP contribution in [-0.4, -0.2) is 33.6 Å². The smallest absolute Gasteiger partial charge is 0.296 e. The first kappa shape index (κ1) is 12.8. The van der Waals surface area contributed by atoms with Crippen molar-refractivity contribution in [3.63, 3.8) is 0 Å². The minimum Gasteiger partial charge on any atom is -0.448 e. The monoisotopic (exact) mass is 286 g/mol. The predicted octanol–water partition coefficient (Wildman–Crippen LogP) is 0.600. The molecule has 2 heterocycles. The molecule has 9 nitrogen and oxygen atoms in total. The van der Waals surface area contributed by atoms with E-state index in [1.54, 1.807) is 24.3 Å². The summed E-state index contributed by atoms with van der Waals surface area (Å²) in [5.41, 5.74) is 0.0621. The molecule has 0 saturated heterocycles. The number of carbonyl (C=O) groups is 1. The quantitative estimate of drug-likeness (QED) is 0.643. The zero-order chi connectivity index (χ0) is 14.8. The molecule has 3 N–H and O–H groups in total. The van der Waals surface area contributed by atoms with Crippen molar-refractivity contribution in [1.82, 2.24) is 20.6 Å². The van der Waals surface area contributed by atoms with E-state index in [9.17, 15) is 9.59 Å². The van der Waals surface area contributed by atoms with Crippen LogP contribution in [0.15, 0.2) is 33.5 Å². The summed E-state index contributed by atoms with van der Waals surface area (Å²) in [6, 6.07) is 6.67. The second-order valence-electron chi connectivity index (χ2n) is 4.07. The summed E-state index contributed by atoms with van der Waals surface area (Å²) in [5, 5.41) is 18.2. The maximum Gasteiger partial charge on any atom is 0.296 e. The fraction of sp³-hybridized carbons (Fsp3) is 0.0833. The van der Waals surface area contributed by atoms with E-state index in [2.05, 4.69) is 31.3 Å². The van der Waals surface area contributed by atoms with Crippen LogP contribution in [0.4, 0.5) is 11.6 Å². The second-order valence-corrected chi connectivity index (χ2v) is 4.07. The Morgan fingerprint density at radius 2 is 2.14 bits per heavy atom. The molecule has 1 amide bonds. The van der Waals surface area contributed by atoms with Gasteiger partial charge in [-0.3, -0.25) is 14.9 Å². The van der Waals surface area contributed by atoms with Gasteiger partial charge in [-0.05, 0) is 17.3 Å². The van der Waals surface area contributed by atoms with E-state index in [1.807, 2.05) is 0 Å². The third-order valence-electron chi connectivity index (χ3n) is 2.82. The van der Waals surface area contributed by atoms with Gasteiger partial charge in [-0.25, -0.2) is 0 Å². The number of rotatable bonds is 3. The van der Waals surface area contributed by atoms with Crippen LogP contribution in [0.1, 0.15) is 10.6 Å². The predicted molar refractivity (Wildman–Crippen MR) is 74.2 cm³/mol. The van der Waals surface area contributed by atoms with Crippen LogP contribution in [0.3, 0.4) is 0 Å². The number of benzene rings is 1. The molecule has 0 atom stereocenters. The van der Waals surface area contributed by atoms with Crippen LogP contribution >= 0.6 is 0 Å². The van der Waals surface area contributed by atoms with Crippen LogP contribution in [-0.2, 0) is 0 Å². The molecule has 3 aromatic rings. The Morgan fingerprint density at radius 3 is 2.86 bits per heavy atom. The van der Waals surface area contributed by atoms with E-state index >= 15 is 0 Å². The van der Waals surface area contributed by atoms with Crippen molar-refractivity contribution >= 4 is 28.5 Å². The number of aromatic amines is 1. The molecule has 0 aliphatic rings. The van der Waals surface area contributed by atoms with Gasteiger partial charge < -0.3 is 9.73 Å². The molecule has 2 aromatic heterocycles. The van der Waals surface area contributed by atoms with Crippen LogP contribution in [0.5, 0.6) is 0 Å². The summed E-state index contributed by atoms with van der Waals surface area (Å²) < 4.78 is 5.51. The van der Waals surface area contributed by atoms with Crippen LogP contribution in [0, 0.1) is 0 Å². The Morgan fingerprint density at radius 1 is 1.33 bits per heavy atom. The lowest BCUT2D eigenvalue weighted by Crippen LogP contribution is -2.20. The summed E-state index contributed by atoms with van der Waals surface area (Å²) >= 11 is 0. The number of hydrogen-bond donors (Lipinski definition) is 3. The van der Waals surface area contributed by atoms with Gasteiger partial charge in [-0.1, -0.05) is 17.2 Å². The molecular formula is C12H10N6O3. The lowest BCUT2D eigenvalue weighted by Gasteiger charge is -2.08. The Hall–Kier alpha value is -3.23. The molecule has 106 valence electrons. The number of aromatic nitrogens is 4. The fourth-order valence-corrected chi connectivity index (χ4v) is 1.90. The van der Waals surface area contributed by atoms with Gasteiger partial charge in [0.2, 0.25) is 11.2 Å². The van der Waals surface area contributed by atoms with Crippen molar-refractivity contribution in [3.8, 4) is 0 Å². The molecule has 9 heteroatoms. The summed E-state index contributed by atoms with van der Waals surface area (Å²) in [6.07, 6.45) is 0. The van der Waals surface area contributed by atoms with Gasteiger partial charge in [0.05, 0.1) is 5.39 Å². The molecular weight excluding hydrogens is 276 g/mol. The number of anilines is 2. The van der Waals surface area contributed by atoms with Crippen LogP contribution in [0.25, 0.3) is 11.0 Å². The number of carbonyl (C=O) groups excluding carboxylic acids is 1. The molecule has 0 aliphatic carbocycles. The second kappa shape index (κ2) is 5.04. The van der Waals surface area contributed by atoms with Crippen LogP contribution < -0.4 is 16.1 Å². The van der Waals surface area contributed by atoms with Gasteiger partial charge in [-0.15, -0.1) is 5.10 Å². The number of fused-ring (bicyclic) bond motifs is 1. The molecule has 0 unspecified atom stereocenters. The molecule has 0 spiro atoms. The number of nitrogens with one attached hydrogen (secondary N) is 3. The SMILES string of the molecule is CNc1c(C(=O)Nc2nn[nH]n2)oc2ccccc2c1=O. The van der Waals surface area contributed by atoms with Crippen molar-refractivity contribution in [2.75, 3.05) is 17.7 Å². The Labute approximate surface area is 117 Å². The Kier molecular flexibility index (Phi) is 3.07. The topological polar surface area (TPSA) is 126 Å². The van der Waals surface area contributed by atoms with E-state index < -0.39 is 5.91 Å². The first-order chi connectivity index (χ1) is 10.2. The lowest BCUT2D eigenvalue weighted by molar-refractivity contribution is 0.0997. The molecule has 0 radical (unpaired) electrons. The highest BCUT2D eigenvalue weighted by Gasteiger charge is 2.20. The maximum absolute atomic E-state index is 12.3. The van der Waals surface area contributed by atoms with Gasteiger partial charge in [0.25, 0.3) is 11.9 Å².